The molecule has 1 amide bonds. The van der Waals surface area contributed by atoms with Gasteiger partial charge < -0.3 is 14.8 Å². The number of rotatable bonds is 5. The lowest BCUT2D eigenvalue weighted by atomic mass is 10.1. The minimum Gasteiger partial charge on any atom is -0.484 e. The first-order valence-corrected chi connectivity index (χ1v) is 7.18. The highest BCUT2D eigenvalue weighted by atomic mass is 16.5. The summed E-state index contributed by atoms with van der Waals surface area (Å²) in [6.45, 7) is 3.72. The Kier molecular flexibility index (Phi) is 5.36. The number of esters is 1. The molecule has 0 heterocycles. The van der Waals surface area contributed by atoms with Gasteiger partial charge >= 0.3 is 5.97 Å². The third kappa shape index (κ3) is 4.57. The molecule has 0 aliphatic carbocycles. The summed E-state index contributed by atoms with van der Waals surface area (Å²) < 4.78 is 10.1. The molecule has 0 aliphatic heterocycles. The molecule has 23 heavy (non-hydrogen) atoms. The van der Waals surface area contributed by atoms with Gasteiger partial charge in [-0.05, 0) is 43.7 Å². The Labute approximate surface area is 135 Å². The van der Waals surface area contributed by atoms with Crippen LogP contribution in [-0.4, -0.2) is 25.6 Å². The number of carbonyl (C=O) groups excluding carboxylic acids is 2. The molecule has 0 radical (unpaired) electrons. The fourth-order valence-electron chi connectivity index (χ4n) is 1.97. The standard InChI is InChI=1S/C18H19NO4/c1-12-4-8-15(9-5-12)23-11-17(20)19-16-10-14(18(21)22-3)7-6-13(16)2/h4-10H,11H2,1-3H3,(H,19,20). The Bertz CT molecular complexity index is 707. The summed E-state index contributed by atoms with van der Waals surface area (Å²) in [5.74, 6) is -0.113. The van der Waals surface area contributed by atoms with Gasteiger partial charge in [-0.3, -0.25) is 4.79 Å². The fourth-order valence-corrected chi connectivity index (χ4v) is 1.97. The van der Waals surface area contributed by atoms with Crippen molar-refractivity contribution in [3.63, 3.8) is 0 Å². The Balaban J connectivity index is 1.99. The van der Waals surface area contributed by atoms with E-state index in [4.69, 9.17) is 4.74 Å². The summed E-state index contributed by atoms with van der Waals surface area (Å²) in [7, 11) is 1.32. The quantitative estimate of drug-likeness (QED) is 0.861. The zero-order valence-corrected chi connectivity index (χ0v) is 13.4. The summed E-state index contributed by atoms with van der Waals surface area (Å²) in [4.78, 5) is 23.5. The zero-order valence-electron chi connectivity index (χ0n) is 13.4. The molecule has 0 bridgehead atoms. The number of hydrogen-bond donors (Lipinski definition) is 1. The van der Waals surface area contributed by atoms with Crippen LogP contribution in [0, 0.1) is 13.8 Å². The summed E-state index contributed by atoms with van der Waals surface area (Å²) in [6.07, 6.45) is 0. The summed E-state index contributed by atoms with van der Waals surface area (Å²) >= 11 is 0. The smallest absolute Gasteiger partial charge is 0.337 e. The zero-order chi connectivity index (χ0) is 16.8. The Morgan fingerprint density at radius 2 is 1.74 bits per heavy atom. The molecule has 0 fully saturated rings. The minimum absolute atomic E-state index is 0.106. The molecule has 2 rings (SSSR count). The van der Waals surface area contributed by atoms with Crippen molar-refractivity contribution in [2.45, 2.75) is 13.8 Å². The Hall–Kier alpha value is -2.82. The van der Waals surface area contributed by atoms with Crippen molar-refractivity contribution in [3.8, 4) is 5.75 Å². The van der Waals surface area contributed by atoms with E-state index in [0.29, 0.717) is 17.0 Å². The summed E-state index contributed by atoms with van der Waals surface area (Å²) in [6, 6.07) is 12.4. The summed E-state index contributed by atoms with van der Waals surface area (Å²) in [5, 5.41) is 2.74. The number of ether oxygens (including phenoxy) is 2. The van der Waals surface area contributed by atoms with E-state index in [-0.39, 0.29) is 12.5 Å². The van der Waals surface area contributed by atoms with Gasteiger partial charge in [0.1, 0.15) is 5.75 Å². The second kappa shape index (κ2) is 7.45. The molecule has 0 unspecified atom stereocenters. The molecular formula is C18H19NO4. The van der Waals surface area contributed by atoms with E-state index >= 15 is 0 Å². The van der Waals surface area contributed by atoms with Gasteiger partial charge in [-0.15, -0.1) is 0 Å². The minimum atomic E-state index is -0.448. The molecule has 120 valence electrons. The predicted octanol–water partition coefficient (Wildman–Crippen LogP) is 3.11. The van der Waals surface area contributed by atoms with Gasteiger partial charge in [-0.1, -0.05) is 23.8 Å². The lowest BCUT2D eigenvalue weighted by molar-refractivity contribution is -0.118. The van der Waals surface area contributed by atoms with Crippen molar-refractivity contribution in [1.29, 1.82) is 0 Å². The fraction of sp³-hybridized carbons (Fsp3) is 0.222. The number of aryl methyl sites for hydroxylation is 2. The van der Waals surface area contributed by atoms with Crippen molar-refractivity contribution in [3.05, 3.63) is 59.2 Å². The molecule has 0 saturated heterocycles. The van der Waals surface area contributed by atoms with Crippen LogP contribution in [0.2, 0.25) is 0 Å². The predicted molar refractivity (Wildman–Crippen MR) is 87.8 cm³/mol. The SMILES string of the molecule is COC(=O)c1ccc(C)c(NC(=O)COc2ccc(C)cc2)c1. The molecule has 1 N–H and O–H groups in total. The van der Waals surface area contributed by atoms with Gasteiger partial charge in [0.15, 0.2) is 6.61 Å². The number of benzene rings is 2. The van der Waals surface area contributed by atoms with E-state index in [9.17, 15) is 9.59 Å². The maximum absolute atomic E-state index is 12.0. The molecule has 0 aromatic heterocycles. The largest absolute Gasteiger partial charge is 0.484 e. The second-order valence-corrected chi connectivity index (χ2v) is 5.17. The summed E-state index contributed by atoms with van der Waals surface area (Å²) in [5.41, 5.74) is 2.91. The molecule has 5 nitrogen and oxygen atoms in total. The van der Waals surface area contributed by atoms with E-state index < -0.39 is 5.97 Å². The highest BCUT2D eigenvalue weighted by molar-refractivity contribution is 5.95. The van der Waals surface area contributed by atoms with Crippen LogP contribution in [0.3, 0.4) is 0 Å². The number of carbonyl (C=O) groups is 2. The number of anilines is 1. The second-order valence-electron chi connectivity index (χ2n) is 5.17. The van der Waals surface area contributed by atoms with Crippen LogP contribution < -0.4 is 10.1 Å². The highest BCUT2D eigenvalue weighted by Crippen LogP contribution is 2.18. The van der Waals surface area contributed by atoms with E-state index in [0.717, 1.165) is 11.1 Å². The van der Waals surface area contributed by atoms with Gasteiger partial charge in [0.25, 0.3) is 5.91 Å². The van der Waals surface area contributed by atoms with Gasteiger partial charge in [-0.2, -0.15) is 0 Å². The third-order valence-electron chi connectivity index (χ3n) is 3.32. The number of methoxy groups -OCH3 is 1. The number of amides is 1. The average Bonchev–Trinajstić information content (AvgIpc) is 2.55. The molecule has 5 heteroatoms. The van der Waals surface area contributed by atoms with Crippen LogP contribution in [0.1, 0.15) is 21.5 Å². The molecule has 0 aliphatic rings. The van der Waals surface area contributed by atoms with Crippen LogP contribution in [0.4, 0.5) is 5.69 Å². The first kappa shape index (κ1) is 16.5. The monoisotopic (exact) mass is 313 g/mol. The molecule has 2 aromatic rings. The van der Waals surface area contributed by atoms with Gasteiger partial charge in [0.05, 0.1) is 12.7 Å². The molecular weight excluding hydrogens is 294 g/mol. The lowest BCUT2D eigenvalue weighted by Gasteiger charge is -2.11. The van der Waals surface area contributed by atoms with Gasteiger partial charge in [0, 0.05) is 5.69 Å². The average molecular weight is 313 g/mol. The maximum Gasteiger partial charge on any atom is 0.337 e. The third-order valence-corrected chi connectivity index (χ3v) is 3.32. The van der Waals surface area contributed by atoms with Gasteiger partial charge in [-0.25, -0.2) is 4.79 Å². The normalized spacial score (nSPS) is 10.0. The van der Waals surface area contributed by atoms with Crippen molar-refractivity contribution in [1.82, 2.24) is 0 Å². The van der Waals surface area contributed by atoms with Crippen LogP contribution >= 0.6 is 0 Å². The van der Waals surface area contributed by atoms with Gasteiger partial charge in [0.2, 0.25) is 0 Å². The Morgan fingerprint density at radius 3 is 2.39 bits per heavy atom. The van der Waals surface area contributed by atoms with Crippen LogP contribution in [0.5, 0.6) is 5.75 Å². The van der Waals surface area contributed by atoms with E-state index in [1.165, 1.54) is 7.11 Å². The number of hydrogen-bond acceptors (Lipinski definition) is 4. The topological polar surface area (TPSA) is 64.6 Å². The van der Waals surface area contributed by atoms with Crippen LogP contribution in [0.25, 0.3) is 0 Å². The van der Waals surface area contributed by atoms with E-state index in [1.54, 1.807) is 18.2 Å². The molecule has 2 aromatic carbocycles. The molecule has 0 atom stereocenters. The first-order valence-electron chi connectivity index (χ1n) is 7.18. The first-order chi connectivity index (χ1) is 11.0. The van der Waals surface area contributed by atoms with E-state index in [1.807, 2.05) is 38.1 Å². The van der Waals surface area contributed by atoms with Crippen molar-refractivity contribution in [2.24, 2.45) is 0 Å². The van der Waals surface area contributed by atoms with E-state index in [2.05, 4.69) is 10.1 Å². The Morgan fingerprint density at radius 1 is 1.04 bits per heavy atom. The highest BCUT2D eigenvalue weighted by Gasteiger charge is 2.10. The van der Waals surface area contributed by atoms with Crippen molar-refractivity contribution >= 4 is 17.6 Å². The lowest BCUT2D eigenvalue weighted by Crippen LogP contribution is -2.21. The van der Waals surface area contributed by atoms with Crippen LogP contribution in [-0.2, 0) is 9.53 Å². The molecule has 0 saturated carbocycles. The molecule has 0 spiro atoms. The van der Waals surface area contributed by atoms with Crippen molar-refractivity contribution < 1.29 is 19.1 Å². The maximum atomic E-state index is 12.0. The number of nitrogens with one attached hydrogen (secondary N) is 1. The van der Waals surface area contributed by atoms with Crippen molar-refractivity contribution in [2.75, 3.05) is 19.0 Å². The van der Waals surface area contributed by atoms with Crippen LogP contribution in [0.15, 0.2) is 42.5 Å².